The standard InChI is InChI=1S/C19H19F4NO3/c1-17(2,13-10-12(20)7-8-15(13)27-3)11-18(26,19(21,22)23)16(25)14-6-4-5-9-24-14/h4-10,26H,11H2,1-3H3. The molecule has 0 aliphatic rings. The van der Waals surface area contributed by atoms with Gasteiger partial charge < -0.3 is 9.84 Å². The zero-order chi connectivity index (χ0) is 20.5. The summed E-state index contributed by atoms with van der Waals surface area (Å²) in [5.74, 6) is -2.10. The minimum Gasteiger partial charge on any atom is -0.496 e. The number of carbonyl (C=O) groups is 1. The van der Waals surface area contributed by atoms with Crippen LogP contribution in [0, 0.1) is 5.82 Å². The first-order chi connectivity index (χ1) is 12.4. The van der Waals surface area contributed by atoms with Gasteiger partial charge in [0.05, 0.1) is 7.11 Å². The largest absolute Gasteiger partial charge is 0.496 e. The van der Waals surface area contributed by atoms with Crippen LogP contribution in [0.1, 0.15) is 36.3 Å². The Balaban J connectivity index is 2.53. The number of alkyl halides is 3. The third kappa shape index (κ3) is 4.10. The molecule has 2 rings (SSSR count). The monoisotopic (exact) mass is 385 g/mol. The Morgan fingerprint density at radius 2 is 1.85 bits per heavy atom. The van der Waals surface area contributed by atoms with E-state index < -0.39 is 40.9 Å². The van der Waals surface area contributed by atoms with Crippen molar-refractivity contribution in [1.82, 2.24) is 4.98 Å². The molecule has 0 amide bonds. The molecule has 27 heavy (non-hydrogen) atoms. The summed E-state index contributed by atoms with van der Waals surface area (Å²) in [5.41, 5.74) is -5.58. The topological polar surface area (TPSA) is 59.4 Å². The highest BCUT2D eigenvalue weighted by molar-refractivity contribution is 6.01. The summed E-state index contributed by atoms with van der Waals surface area (Å²) in [6.45, 7) is 2.74. The molecule has 0 spiro atoms. The maximum absolute atomic E-state index is 13.7. The number of aliphatic hydroxyl groups is 1. The third-order valence-electron chi connectivity index (χ3n) is 4.33. The van der Waals surface area contributed by atoms with Crippen LogP contribution in [0.3, 0.4) is 0 Å². The number of aromatic nitrogens is 1. The number of methoxy groups -OCH3 is 1. The summed E-state index contributed by atoms with van der Waals surface area (Å²) in [6.07, 6.45) is -5.15. The molecule has 146 valence electrons. The number of halogens is 4. The number of Topliss-reactive ketones (excluding diaryl/α,β-unsaturated/α-hetero) is 1. The molecule has 1 aromatic heterocycles. The first-order valence-electron chi connectivity index (χ1n) is 8.01. The van der Waals surface area contributed by atoms with Gasteiger partial charge in [-0.15, -0.1) is 0 Å². The van der Waals surface area contributed by atoms with Gasteiger partial charge in [-0.1, -0.05) is 19.9 Å². The quantitative estimate of drug-likeness (QED) is 0.602. The van der Waals surface area contributed by atoms with E-state index >= 15 is 0 Å². The Morgan fingerprint density at radius 1 is 1.19 bits per heavy atom. The van der Waals surface area contributed by atoms with Crippen molar-refractivity contribution < 1.29 is 32.2 Å². The molecule has 0 aliphatic carbocycles. The first kappa shape index (κ1) is 20.8. The average Bonchev–Trinajstić information content (AvgIpc) is 2.60. The van der Waals surface area contributed by atoms with Gasteiger partial charge >= 0.3 is 6.18 Å². The molecule has 0 radical (unpaired) electrons. The zero-order valence-electron chi connectivity index (χ0n) is 15.0. The molecular formula is C19H19F4NO3. The Kier molecular flexibility index (Phi) is 5.60. The zero-order valence-corrected chi connectivity index (χ0v) is 15.0. The van der Waals surface area contributed by atoms with Gasteiger partial charge in [-0.2, -0.15) is 13.2 Å². The third-order valence-corrected chi connectivity index (χ3v) is 4.33. The molecule has 1 aromatic carbocycles. The number of hydrogen-bond donors (Lipinski definition) is 1. The lowest BCUT2D eigenvalue weighted by Gasteiger charge is -2.37. The molecule has 2 aromatic rings. The van der Waals surface area contributed by atoms with Crippen molar-refractivity contribution in [2.24, 2.45) is 0 Å². The molecule has 0 aliphatic heterocycles. The van der Waals surface area contributed by atoms with Gasteiger partial charge in [0, 0.05) is 18.2 Å². The number of ketones is 1. The van der Waals surface area contributed by atoms with Gasteiger partial charge in [0.15, 0.2) is 0 Å². The van der Waals surface area contributed by atoms with E-state index in [1.54, 1.807) is 0 Å². The molecular weight excluding hydrogens is 366 g/mol. The Hall–Kier alpha value is -2.48. The molecule has 1 heterocycles. The summed E-state index contributed by atoms with van der Waals surface area (Å²) in [5, 5.41) is 10.5. The number of pyridine rings is 1. The fraction of sp³-hybridized carbons (Fsp3) is 0.368. The summed E-state index contributed by atoms with van der Waals surface area (Å²) in [6, 6.07) is 7.28. The van der Waals surface area contributed by atoms with E-state index in [4.69, 9.17) is 4.74 Å². The molecule has 8 heteroatoms. The van der Waals surface area contributed by atoms with Crippen molar-refractivity contribution in [1.29, 1.82) is 0 Å². The van der Waals surface area contributed by atoms with Crippen LogP contribution in [0.2, 0.25) is 0 Å². The lowest BCUT2D eigenvalue weighted by molar-refractivity contribution is -0.243. The van der Waals surface area contributed by atoms with Crippen LogP contribution in [0.5, 0.6) is 5.75 Å². The number of nitrogens with zero attached hydrogens (tertiary/aromatic N) is 1. The molecule has 0 bridgehead atoms. The summed E-state index contributed by atoms with van der Waals surface area (Å²) < 4.78 is 60.0. The maximum atomic E-state index is 13.7. The minimum atomic E-state index is -5.26. The maximum Gasteiger partial charge on any atom is 0.424 e. The highest BCUT2D eigenvalue weighted by atomic mass is 19.4. The normalized spacial score (nSPS) is 14.5. The number of carbonyl (C=O) groups excluding carboxylic acids is 1. The van der Waals surface area contributed by atoms with Crippen LogP contribution in [0.4, 0.5) is 17.6 Å². The van der Waals surface area contributed by atoms with E-state index in [0.717, 1.165) is 24.4 Å². The fourth-order valence-electron chi connectivity index (χ4n) is 2.96. The molecule has 1 unspecified atom stereocenters. The molecule has 1 atom stereocenters. The van der Waals surface area contributed by atoms with Crippen LogP contribution >= 0.6 is 0 Å². The van der Waals surface area contributed by atoms with Crippen LogP contribution < -0.4 is 4.74 Å². The van der Waals surface area contributed by atoms with Gasteiger partial charge in [0.25, 0.3) is 0 Å². The summed E-state index contributed by atoms with van der Waals surface area (Å²) in [7, 11) is 1.29. The van der Waals surface area contributed by atoms with Gasteiger partial charge in [-0.25, -0.2) is 4.39 Å². The highest BCUT2D eigenvalue weighted by Crippen LogP contribution is 2.44. The van der Waals surface area contributed by atoms with Crippen molar-refractivity contribution in [2.75, 3.05) is 7.11 Å². The van der Waals surface area contributed by atoms with Crippen LogP contribution in [-0.4, -0.2) is 34.8 Å². The predicted octanol–water partition coefficient (Wildman–Crippen LogP) is 4.07. The lowest BCUT2D eigenvalue weighted by atomic mass is 9.72. The van der Waals surface area contributed by atoms with Gasteiger partial charge in [-0.3, -0.25) is 9.78 Å². The molecule has 0 saturated carbocycles. The van der Waals surface area contributed by atoms with Gasteiger partial charge in [0.2, 0.25) is 11.4 Å². The Labute approximate surface area is 153 Å². The van der Waals surface area contributed by atoms with E-state index in [2.05, 4.69) is 4.98 Å². The molecule has 1 N–H and O–H groups in total. The van der Waals surface area contributed by atoms with Crippen LogP contribution in [0.25, 0.3) is 0 Å². The average molecular weight is 385 g/mol. The minimum absolute atomic E-state index is 0.0986. The number of rotatable bonds is 6. The van der Waals surface area contributed by atoms with E-state index in [1.807, 2.05) is 0 Å². The second kappa shape index (κ2) is 7.26. The van der Waals surface area contributed by atoms with Gasteiger partial charge in [-0.05, 0) is 35.7 Å². The van der Waals surface area contributed by atoms with Crippen molar-refractivity contribution in [3.8, 4) is 5.75 Å². The van der Waals surface area contributed by atoms with E-state index in [0.29, 0.717) is 0 Å². The Morgan fingerprint density at radius 3 is 2.37 bits per heavy atom. The number of hydrogen-bond acceptors (Lipinski definition) is 4. The van der Waals surface area contributed by atoms with Crippen molar-refractivity contribution in [2.45, 2.75) is 37.5 Å². The number of ether oxygens (including phenoxy) is 1. The van der Waals surface area contributed by atoms with E-state index in [9.17, 15) is 27.5 Å². The molecule has 4 nitrogen and oxygen atoms in total. The second-order valence-corrected chi connectivity index (χ2v) is 6.81. The summed E-state index contributed by atoms with van der Waals surface area (Å²) >= 11 is 0. The van der Waals surface area contributed by atoms with E-state index in [-0.39, 0.29) is 11.3 Å². The SMILES string of the molecule is COc1ccc(F)cc1C(C)(C)CC(O)(C(=O)c1ccccn1)C(F)(F)F. The lowest BCUT2D eigenvalue weighted by Crippen LogP contribution is -2.55. The van der Waals surface area contributed by atoms with Crippen molar-refractivity contribution in [3.05, 3.63) is 59.7 Å². The first-order valence-corrected chi connectivity index (χ1v) is 8.01. The smallest absolute Gasteiger partial charge is 0.424 e. The summed E-state index contributed by atoms with van der Waals surface area (Å²) in [4.78, 5) is 16.1. The Bertz CT molecular complexity index is 821. The van der Waals surface area contributed by atoms with Crippen molar-refractivity contribution >= 4 is 5.78 Å². The number of benzene rings is 1. The van der Waals surface area contributed by atoms with Crippen LogP contribution in [0.15, 0.2) is 42.6 Å². The predicted molar refractivity (Wildman–Crippen MR) is 90.2 cm³/mol. The van der Waals surface area contributed by atoms with Crippen molar-refractivity contribution in [3.63, 3.8) is 0 Å². The van der Waals surface area contributed by atoms with Crippen LogP contribution in [-0.2, 0) is 5.41 Å². The molecule has 0 saturated heterocycles. The van der Waals surface area contributed by atoms with E-state index in [1.165, 1.54) is 39.2 Å². The highest BCUT2D eigenvalue weighted by Gasteiger charge is 2.61. The fourth-order valence-corrected chi connectivity index (χ4v) is 2.96. The molecule has 0 fully saturated rings. The van der Waals surface area contributed by atoms with Gasteiger partial charge in [0.1, 0.15) is 17.3 Å². The second-order valence-electron chi connectivity index (χ2n) is 6.81.